The molecule has 8 heteroatoms. The summed E-state index contributed by atoms with van der Waals surface area (Å²) in [5.74, 6) is -0.125. The van der Waals surface area contributed by atoms with Crippen molar-refractivity contribution in [2.75, 3.05) is 6.26 Å². The van der Waals surface area contributed by atoms with Crippen LogP contribution in [0.1, 0.15) is 32.2 Å². The molecule has 2 aromatic heterocycles. The number of hydrogen-bond donors (Lipinski definition) is 1. The van der Waals surface area contributed by atoms with E-state index in [4.69, 9.17) is 0 Å². The largest absolute Gasteiger partial charge is 0.347 e. The average molecular weight is 450 g/mol. The summed E-state index contributed by atoms with van der Waals surface area (Å²) < 4.78 is 1.81. The highest BCUT2D eigenvalue weighted by atomic mass is 32.2. The van der Waals surface area contributed by atoms with Gasteiger partial charge in [-0.3, -0.25) is 4.79 Å². The number of aromatic nitrogens is 4. The molecule has 0 atom stereocenters. The highest BCUT2D eigenvalue weighted by molar-refractivity contribution is 7.98. The van der Waals surface area contributed by atoms with Crippen LogP contribution in [0.25, 0.3) is 16.4 Å². The van der Waals surface area contributed by atoms with E-state index in [1.54, 1.807) is 11.8 Å². The summed E-state index contributed by atoms with van der Waals surface area (Å²) >= 11 is 3.03. The number of carbonyl (C=O) groups excluding carboxylic acids is 1. The number of hydrogen-bond acceptors (Lipinski definition) is 6. The summed E-state index contributed by atoms with van der Waals surface area (Å²) in [5.41, 5.74) is 5.49. The van der Waals surface area contributed by atoms with Crippen LogP contribution in [0, 0.1) is 20.8 Å². The molecule has 0 unspecified atom stereocenters. The van der Waals surface area contributed by atoms with Gasteiger partial charge in [0.25, 0.3) is 5.91 Å². The van der Waals surface area contributed by atoms with E-state index in [1.165, 1.54) is 16.9 Å². The van der Waals surface area contributed by atoms with Gasteiger partial charge in [-0.05, 0) is 50.8 Å². The molecule has 6 nitrogen and oxygen atoms in total. The lowest BCUT2D eigenvalue weighted by Crippen LogP contribution is -2.22. The molecule has 0 spiro atoms. The molecule has 0 fully saturated rings. The zero-order chi connectivity index (χ0) is 22.0. The summed E-state index contributed by atoms with van der Waals surface area (Å²) in [4.78, 5) is 19.1. The molecule has 31 heavy (non-hydrogen) atoms. The van der Waals surface area contributed by atoms with Crippen molar-refractivity contribution in [3.8, 4) is 16.4 Å². The van der Waals surface area contributed by atoms with Crippen LogP contribution in [0.4, 0.5) is 0 Å². The minimum Gasteiger partial charge on any atom is -0.347 e. The van der Waals surface area contributed by atoms with Gasteiger partial charge >= 0.3 is 0 Å². The van der Waals surface area contributed by atoms with Crippen molar-refractivity contribution in [2.45, 2.75) is 32.2 Å². The van der Waals surface area contributed by atoms with Crippen LogP contribution in [-0.2, 0) is 6.54 Å². The molecule has 0 bridgehead atoms. The summed E-state index contributed by atoms with van der Waals surface area (Å²) in [6.07, 6.45) is 2.04. The molecule has 0 radical (unpaired) electrons. The van der Waals surface area contributed by atoms with Crippen LogP contribution < -0.4 is 5.32 Å². The second kappa shape index (κ2) is 9.03. The summed E-state index contributed by atoms with van der Waals surface area (Å²) in [7, 11) is 0. The van der Waals surface area contributed by atoms with Gasteiger partial charge in [0.15, 0.2) is 0 Å². The normalized spacial score (nSPS) is 11.0. The van der Waals surface area contributed by atoms with Crippen LogP contribution >= 0.6 is 23.1 Å². The molecule has 0 saturated carbocycles. The summed E-state index contributed by atoms with van der Waals surface area (Å²) in [6.45, 7) is 6.34. The molecule has 4 rings (SSSR count). The molecule has 2 heterocycles. The molecular formula is C23H23N5OS2. The van der Waals surface area contributed by atoms with Crippen molar-refractivity contribution < 1.29 is 4.79 Å². The van der Waals surface area contributed by atoms with E-state index in [-0.39, 0.29) is 5.91 Å². The second-order valence-corrected chi connectivity index (χ2v) is 9.12. The topological polar surface area (TPSA) is 72.7 Å². The first kappa shape index (κ1) is 21.3. The first-order valence-electron chi connectivity index (χ1n) is 9.84. The number of carbonyl (C=O) groups is 1. The Morgan fingerprint density at radius 3 is 2.65 bits per heavy atom. The van der Waals surface area contributed by atoms with Gasteiger partial charge in [-0.2, -0.15) is 0 Å². The van der Waals surface area contributed by atoms with Gasteiger partial charge < -0.3 is 5.32 Å². The lowest BCUT2D eigenvalue weighted by Gasteiger charge is -2.05. The van der Waals surface area contributed by atoms with E-state index in [0.29, 0.717) is 27.8 Å². The number of aryl methyl sites for hydroxylation is 2. The van der Waals surface area contributed by atoms with E-state index in [2.05, 4.69) is 32.7 Å². The number of benzene rings is 2. The van der Waals surface area contributed by atoms with Crippen molar-refractivity contribution in [3.05, 3.63) is 75.9 Å². The Bertz CT molecular complexity index is 1230. The Morgan fingerprint density at radius 1 is 1.13 bits per heavy atom. The molecule has 0 aliphatic carbocycles. The van der Waals surface area contributed by atoms with Crippen LogP contribution in [0.2, 0.25) is 0 Å². The third-order valence-corrected chi connectivity index (χ3v) is 6.86. The zero-order valence-corrected chi connectivity index (χ0v) is 19.5. The first-order chi connectivity index (χ1) is 15.0. The minimum absolute atomic E-state index is 0.125. The Morgan fingerprint density at radius 2 is 1.90 bits per heavy atom. The summed E-state index contributed by atoms with van der Waals surface area (Å²) in [5, 5.41) is 12.4. The molecule has 2 aromatic carbocycles. The average Bonchev–Trinajstić information content (AvgIpc) is 3.35. The van der Waals surface area contributed by atoms with Gasteiger partial charge in [-0.25, -0.2) is 9.67 Å². The molecule has 1 amide bonds. The van der Waals surface area contributed by atoms with Crippen LogP contribution in [-0.4, -0.2) is 32.1 Å². The molecule has 1 N–H and O–H groups in total. The SMILES string of the molecule is CSc1cccc(-n2nnc(-c3nc(C)c(C(=O)NCc4ccc(C)cc4)s3)c2C)c1. The molecule has 4 aromatic rings. The third-order valence-electron chi connectivity index (χ3n) is 4.97. The number of thioether (sulfide) groups is 1. The molecule has 0 saturated heterocycles. The molecule has 158 valence electrons. The van der Waals surface area contributed by atoms with Gasteiger partial charge in [0.2, 0.25) is 0 Å². The number of nitrogens with one attached hydrogen (secondary N) is 1. The van der Waals surface area contributed by atoms with E-state index in [9.17, 15) is 4.79 Å². The van der Waals surface area contributed by atoms with E-state index in [1.807, 2.05) is 68.1 Å². The maximum absolute atomic E-state index is 12.7. The van der Waals surface area contributed by atoms with Crippen LogP contribution in [0.15, 0.2) is 53.4 Å². The number of thiazole rings is 1. The minimum atomic E-state index is -0.125. The highest BCUT2D eigenvalue weighted by Crippen LogP contribution is 2.30. The van der Waals surface area contributed by atoms with Gasteiger partial charge in [0.05, 0.1) is 17.1 Å². The van der Waals surface area contributed by atoms with Crippen LogP contribution in [0.3, 0.4) is 0 Å². The number of rotatable bonds is 6. The predicted octanol–water partition coefficient (Wildman–Crippen LogP) is 4.97. The Kier molecular flexibility index (Phi) is 6.20. The monoisotopic (exact) mass is 449 g/mol. The smallest absolute Gasteiger partial charge is 0.263 e. The van der Waals surface area contributed by atoms with Crippen molar-refractivity contribution in [2.24, 2.45) is 0 Å². The standard InChI is InChI=1S/C23H23N5OS2/c1-14-8-10-17(11-9-14)13-24-22(29)21-15(2)25-23(31-21)20-16(3)28(27-26-20)18-6-5-7-19(12-18)30-4/h5-12H,13H2,1-4H3,(H,24,29). The highest BCUT2D eigenvalue weighted by Gasteiger charge is 2.20. The van der Waals surface area contributed by atoms with Gasteiger partial charge in [-0.1, -0.05) is 41.1 Å². The van der Waals surface area contributed by atoms with E-state index in [0.717, 1.165) is 21.8 Å². The van der Waals surface area contributed by atoms with Crippen molar-refractivity contribution >= 4 is 29.0 Å². The Balaban J connectivity index is 1.55. The molecular weight excluding hydrogens is 426 g/mol. The fraction of sp³-hybridized carbons (Fsp3) is 0.217. The lowest BCUT2D eigenvalue weighted by molar-refractivity contribution is 0.0954. The maximum atomic E-state index is 12.7. The fourth-order valence-corrected chi connectivity index (χ4v) is 4.66. The van der Waals surface area contributed by atoms with Crippen LogP contribution in [0.5, 0.6) is 0 Å². The van der Waals surface area contributed by atoms with Gasteiger partial charge in [0, 0.05) is 11.4 Å². The fourth-order valence-electron chi connectivity index (χ4n) is 3.19. The van der Waals surface area contributed by atoms with Crippen molar-refractivity contribution in [3.63, 3.8) is 0 Å². The maximum Gasteiger partial charge on any atom is 0.263 e. The summed E-state index contributed by atoms with van der Waals surface area (Å²) in [6, 6.07) is 16.3. The Hall–Kier alpha value is -2.97. The molecule has 0 aliphatic rings. The number of amides is 1. The Labute approximate surface area is 189 Å². The predicted molar refractivity (Wildman–Crippen MR) is 126 cm³/mol. The van der Waals surface area contributed by atoms with Gasteiger partial charge in [-0.15, -0.1) is 28.2 Å². The van der Waals surface area contributed by atoms with Crippen molar-refractivity contribution in [1.29, 1.82) is 0 Å². The first-order valence-corrected chi connectivity index (χ1v) is 11.9. The quantitative estimate of drug-likeness (QED) is 0.421. The van der Waals surface area contributed by atoms with Crippen molar-refractivity contribution in [1.82, 2.24) is 25.3 Å². The van der Waals surface area contributed by atoms with E-state index >= 15 is 0 Å². The van der Waals surface area contributed by atoms with Gasteiger partial charge in [0.1, 0.15) is 15.6 Å². The second-order valence-electron chi connectivity index (χ2n) is 7.24. The zero-order valence-electron chi connectivity index (χ0n) is 17.8. The van der Waals surface area contributed by atoms with E-state index < -0.39 is 0 Å². The number of nitrogens with zero attached hydrogens (tertiary/aromatic N) is 4. The third kappa shape index (κ3) is 4.55. The lowest BCUT2D eigenvalue weighted by atomic mass is 10.1. The molecule has 0 aliphatic heterocycles.